The van der Waals surface area contributed by atoms with Crippen LogP contribution >= 0.6 is 0 Å². The van der Waals surface area contributed by atoms with Crippen molar-refractivity contribution >= 4 is 0 Å². The number of methoxy groups -OCH3 is 1. The summed E-state index contributed by atoms with van der Waals surface area (Å²) in [6.45, 7) is 2.20. The molecule has 0 bridgehead atoms. The van der Waals surface area contributed by atoms with Crippen molar-refractivity contribution in [2.45, 2.75) is 43.7 Å². The standard InChI is InChI=1S/C16H23NO2/c1-19-14-6-4-5-13(11-14)12-16(18)8-10-17-9-3-2-7-15(16)17/h4-6,11,15,18H,2-3,7-10,12H2,1H3. The van der Waals surface area contributed by atoms with E-state index >= 15 is 0 Å². The topological polar surface area (TPSA) is 32.7 Å². The number of fused-ring (bicyclic) bond motifs is 1. The molecule has 0 amide bonds. The molecule has 0 radical (unpaired) electrons. The first-order valence-electron chi connectivity index (χ1n) is 7.31. The summed E-state index contributed by atoms with van der Waals surface area (Å²) in [5, 5.41) is 11.0. The van der Waals surface area contributed by atoms with E-state index in [1.807, 2.05) is 18.2 Å². The third-order valence-electron chi connectivity index (χ3n) is 4.71. The Hall–Kier alpha value is -1.06. The van der Waals surface area contributed by atoms with Crippen LogP contribution in [-0.2, 0) is 6.42 Å². The molecule has 1 aromatic carbocycles. The molecule has 3 rings (SSSR count). The van der Waals surface area contributed by atoms with Crippen LogP contribution < -0.4 is 4.74 Å². The Morgan fingerprint density at radius 1 is 1.37 bits per heavy atom. The molecular weight excluding hydrogens is 238 g/mol. The fraction of sp³-hybridized carbons (Fsp3) is 0.625. The predicted molar refractivity (Wildman–Crippen MR) is 75.5 cm³/mol. The zero-order valence-electron chi connectivity index (χ0n) is 11.6. The van der Waals surface area contributed by atoms with Crippen molar-refractivity contribution in [2.24, 2.45) is 0 Å². The molecule has 1 aromatic rings. The Balaban J connectivity index is 1.77. The summed E-state index contributed by atoms with van der Waals surface area (Å²) in [4.78, 5) is 2.48. The number of hydrogen-bond donors (Lipinski definition) is 1. The van der Waals surface area contributed by atoms with Gasteiger partial charge in [-0.05, 0) is 43.5 Å². The highest BCUT2D eigenvalue weighted by molar-refractivity contribution is 5.30. The third kappa shape index (κ3) is 2.49. The van der Waals surface area contributed by atoms with Crippen LogP contribution in [0.1, 0.15) is 31.2 Å². The minimum Gasteiger partial charge on any atom is -0.497 e. The summed E-state index contributed by atoms with van der Waals surface area (Å²) in [5.41, 5.74) is 0.626. The summed E-state index contributed by atoms with van der Waals surface area (Å²) in [6.07, 6.45) is 5.31. The lowest BCUT2D eigenvalue weighted by molar-refractivity contribution is -0.00888. The number of nitrogens with zero attached hydrogens (tertiary/aromatic N) is 1. The maximum Gasteiger partial charge on any atom is 0.119 e. The quantitative estimate of drug-likeness (QED) is 0.905. The summed E-state index contributed by atoms with van der Waals surface area (Å²) in [5.74, 6) is 0.875. The third-order valence-corrected chi connectivity index (χ3v) is 4.71. The number of ether oxygens (including phenoxy) is 1. The molecule has 0 spiro atoms. The molecule has 2 fully saturated rings. The SMILES string of the molecule is COc1cccc(CC2(O)CCN3CCCCC32)c1. The van der Waals surface area contributed by atoms with Crippen molar-refractivity contribution in [1.29, 1.82) is 0 Å². The van der Waals surface area contributed by atoms with E-state index in [1.54, 1.807) is 7.11 Å². The Labute approximate surface area is 115 Å². The van der Waals surface area contributed by atoms with Crippen molar-refractivity contribution in [1.82, 2.24) is 4.90 Å². The average Bonchev–Trinajstić information content (AvgIpc) is 2.77. The minimum absolute atomic E-state index is 0.354. The Morgan fingerprint density at radius 2 is 2.26 bits per heavy atom. The minimum atomic E-state index is -0.549. The number of benzene rings is 1. The Kier molecular flexibility index (Phi) is 3.50. The first-order valence-corrected chi connectivity index (χ1v) is 7.31. The molecule has 2 aliphatic heterocycles. The number of hydrogen-bond acceptors (Lipinski definition) is 3. The van der Waals surface area contributed by atoms with Gasteiger partial charge in [0.15, 0.2) is 0 Å². The van der Waals surface area contributed by atoms with Crippen LogP contribution in [-0.4, -0.2) is 41.8 Å². The molecular formula is C16H23NO2. The van der Waals surface area contributed by atoms with Crippen LogP contribution in [0.5, 0.6) is 5.75 Å². The second kappa shape index (κ2) is 5.14. The van der Waals surface area contributed by atoms with E-state index in [2.05, 4.69) is 11.0 Å². The smallest absolute Gasteiger partial charge is 0.119 e. The second-order valence-electron chi connectivity index (χ2n) is 5.93. The molecule has 0 saturated carbocycles. The van der Waals surface area contributed by atoms with Crippen LogP contribution in [0.15, 0.2) is 24.3 Å². The highest BCUT2D eigenvalue weighted by atomic mass is 16.5. The highest BCUT2D eigenvalue weighted by Gasteiger charge is 2.46. The van der Waals surface area contributed by atoms with Gasteiger partial charge in [0, 0.05) is 19.0 Å². The maximum atomic E-state index is 11.0. The van der Waals surface area contributed by atoms with Gasteiger partial charge >= 0.3 is 0 Å². The number of piperidine rings is 1. The van der Waals surface area contributed by atoms with Crippen LogP contribution in [0.2, 0.25) is 0 Å². The Bertz CT molecular complexity index is 448. The van der Waals surface area contributed by atoms with Gasteiger partial charge in [0.05, 0.1) is 12.7 Å². The molecule has 104 valence electrons. The summed E-state index contributed by atoms with van der Waals surface area (Å²) in [6, 6.07) is 8.45. The molecule has 2 unspecified atom stereocenters. The van der Waals surface area contributed by atoms with E-state index in [1.165, 1.54) is 18.4 Å². The van der Waals surface area contributed by atoms with Crippen molar-refractivity contribution in [3.05, 3.63) is 29.8 Å². The molecule has 2 heterocycles. The van der Waals surface area contributed by atoms with Gasteiger partial charge in [-0.1, -0.05) is 18.6 Å². The highest BCUT2D eigenvalue weighted by Crippen LogP contribution is 2.37. The molecule has 2 atom stereocenters. The van der Waals surface area contributed by atoms with Gasteiger partial charge in [-0.3, -0.25) is 4.90 Å². The second-order valence-corrected chi connectivity index (χ2v) is 5.93. The molecule has 3 heteroatoms. The van der Waals surface area contributed by atoms with Crippen LogP contribution in [0.3, 0.4) is 0 Å². The van der Waals surface area contributed by atoms with Gasteiger partial charge in [-0.2, -0.15) is 0 Å². The van der Waals surface area contributed by atoms with Crippen molar-refractivity contribution in [2.75, 3.05) is 20.2 Å². The molecule has 3 nitrogen and oxygen atoms in total. The number of rotatable bonds is 3. The van der Waals surface area contributed by atoms with Crippen LogP contribution in [0, 0.1) is 0 Å². The van der Waals surface area contributed by atoms with E-state index in [4.69, 9.17) is 4.74 Å². The molecule has 2 aliphatic rings. The van der Waals surface area contributed by atoms with Crippen LogP contribution in [0.4, 0.5) is 0 Å². The van der Waals surface area contributed by atoms with Crippen molar-refractivity contribution in [3.8, 4) is 5.75 Å². The van der Waals surface area contributed by atoms with Crippen molar-refractivity contribution < 1.29 is 9.84 Å². The number of aliphatic hydroxyl groups is 1. The van der Waals surface area contributed by atoms with E-state index < -0.39 is 5.60 Å². The maximum absolute atomic E-state index is 11.0. The van der Waals surface area contributed by atoms with E-state index in [9.17, 15) is 5.11 Å². The summed E-state index contributed by atoms with van der Waals surface area (Å²) in [7, 11) is 1.69. The summed E-state index contributed by atoms with van der Waals surface area (Å²) >= 11 is 0. The van der Waals surface area contributed by atoms with Gasteiger partial charge in [0.25, 0.3) is 0 Å². The molecule has 0 aliphatic carbocycles. The molecule has 0 aromatic heterocycles. The first-order chi connectivity index (χ1) is 9.21. The summed E-state index contributed by atoms with van der Waals surface area (Å²) < 4.78 is 5.27. The molecule has 1 N–H and O–H groups in total. The molecule has 19 heavy (non-hydrogen) atoms. The van der Waals surface area contributed by atoms with Crippen LogP contribution in [0.25, 0.3) is 0 Å². The van der Waals surface area contributed by atoms with E-state index in [0.717, 1.165) is 38.1 Å². The van der Waals surface area contributed by atoms with Gasteiger partial charge in [0.2, 0.25) is 0 Å². The zero-order valence-corrected chi connectivity index (χ0v) is 11.6. The Morgan fingerprint density at radius 3 is 3.11 bits per heavy atom. The zero-order chi connectivity index (χ0) is 13.3. The van der Waals surface area contributed by atoms with Gasteiger partial charge in [0.1, 0.15) is 5.75 Å². The largest absolute Gasteiger partial charge is 0.497 e. The normalized spacial score (nSPS) is 31.2. The van der Waals surface area contributed by atoms with Gasteiger partial charge in [-0.25, -0.2) is 0 Å². The van der Waals surface area contributed by atoms with E-state index in [-0.39, 0.29) is 0 Å². The fourth-order valence-electron chi connectivity index (χ4n) is 3.71. The lowest BCUT2D eigenvalue weighted by Crippen LogP contribution is -2.48. The first kappa shape index (κ1) is 12.9. The van der Waals surface area contributed by atoms with Gasteiger partial charge < -0.3 is 9.84 Å². The lowest BCUT2D eigenvalue weighted by atomic mass is 9.84. The van der Waals surface area contributed by atoms with Gasteiger partial charge in [-0.15, -0.1) is 0 Å². The fourth-order valence-corrected chi connectivity index (χ4v) is 3.71. The lowest BCUT2D eigenvalue weighted by Gasteiger charge is -2.37. The predicted octanol–water partition coefficient (Wildman–Crippen LogP) is 2.23. The monoisotopic (exact) mass is 261 g/mol. The van der Waals surface area contributed by atoms with E-state index in [0.29, 0.717) is 6.04 Å². The average molecular weight is 261 g/mol. The molecule has 2 saturated heterocycles. The van der Waals surface area contributed by atoms with Crippen molar-refractivity contribution in [3.63, 3.8) is 0 Å².